The van der Waals surface area contributed by atoms with Gasteiger partial charge in [0.25, 0.3) is 5.56 Å². The van der Waals surface area contributed by atoms with E-state index in [1.165, 1.54) is 0 Å². The topological polar surface area (TPSA) is 69.1 Å². The lowest BCUT2D eigenvalue weighted by Gasteiger charge is -2.31. The highest BCUT2D eigenvalue weighted by atomic mass is 79.9. The second kappa shape index (κ2) is 6.57. The Labute approximate surface area is 142 Å². The van der Waals surface area contributed by atoms with Gasteiger partial charge in [-0.2, -0.15) is 5.26 Å². The summed E-state index contributed by atoms with van der Waals surface area (Å²) in [5.41, 5.74) is 3.10. The van der Waals surface area contributed by atoms with Crippen molar-refractivity contribution in [2.75, 3.05) is 31.2 Å². The van der Waals surface area contributed by atoms with E-state index in [1.807, 2.05) is 37.3 Å². The van der Waals surface area contributed by atoms with Crippen LogP contribution < -0.4 is 10.5 Å². The molecule has 0 unspecified atom stereocenters. The Kier molecular flexibility index (Phi) is 4.51. The predicted molar refractivity (Wildman–Crippen MR) is 92.7 cm³/mol. The van der Waals surface area contributed by atoms with Gasteiger partial charge in [-0.05, 0) is 25.1 Å². The molecule has 0 saturated carbocycles. The number of anilines is 1. The number of aromatic nitrogens is 1. The van der Waals surface area contributed by atoms with Crippen molar-refractivity contribution >= 4 is 21.6 Å². The van der Waals surface area contributed by atoms with Gasteiger partial charge in [-0.25, -0.2) is 0 Å². The lowest BCUT2D eigenvalue weighted by atomic mass is 9.98. The van der Waals surface area contributed by atoms with Gasteiger partial charge in [0, 0.05) is 40.1 Å². The molecule has 0 atom stereocenters. The van der Waals surface area contributed by atoms with Gasteiger partial charge in [0.15, 0.2) is 0 Å². The van der Waals surface area contributed by atoms with Crippen molar-refractivity contribution < 1.29 is 4.74 Å². The van der Waals surface area contributed by atoms with E-state index < -0.39 is 0 Å². The molecular formula is C17H16BrN3O2. The largest absolute Gasteiger partial charge is 0.378 e. The zero-order chi connectivity index (χ0) is 16.4. The summed E-state index contributed by atoms with van der Waals surface area (Å²) in [6.07, 6.45) is 0. The number of aryl methyl sites for hydroxylation is 1. The van der Waals surface area contributed by atoms with Gasteiger partial charge in [0.1, 0.15) is 11.6 Å². The second-order valence-corrected chi connectivity index (χ2v) is 6.36. The van der Waals surface area contributed by atoms with Crippen LogP contribution in [0.3, 0.4) is 0 Å². The van der Waals surface area contributed by atoms with Crippen LogP contribution in [0.4, 0.5) is 5.69 Å². The molecule has 1 N–H and O–H groups in total. The number of halogens is 1. The minimum atomic E-state index is -0.349. The van der Waals surface area contributed by atoms with Crippen LogP contribution >= 0.6 is 15.9 Å². The number of pyridine rings is 1. The van der Waals surface area contributed by atoms with E-state index in [0.29, 0.717) is 18.8 Å². The highest BCUT2D eigenvalue weighted by molar-refractivity contribution is 9.10. The molecule has 1 aromatic heterocycles. The summed E-state index contributed by atoms with van der Waals surface area (Å²) in [6, 6.07) is 9.79. The molecule has 2 aromatic rings. The summed E-state index contributed by atoms with van der Waals surface area (Å²) in [5, 5.41) is 9.39. The van der Waals surface area contributed by atoms with Gasteiger partial charge in [0.2, 0.25) is 0 Å². The predicted octanol–water partition coefficient (Wildman–Crippen LogP) is 2.82. The number of hydrogen-bond donors (Lipinski definition) is 1. The maximum absolute atomic E-state index is 12.1. The van der Waals surface area contributed by atoms with Crippen molar-refractivity contribution in [3.63, 3.8) is 0 Å². The van der Waals surface area contributed by atoms with Crippen molar-refractivity contribution in [2.24, 2.45) is 0 Å². The Morgan fingerprint density at radius 1 is 1.26 bits per heavy atom. The molecular weight excluding hydrogens is 358 g/mol. The first kappa shape index (κ1) is 15.8. The average Bonchev–Trinajstić information content (AvgIpc) is 2.55. The second-order valence-electron chi connectivity index (χ2n) is 5.44. The minimum Gasteiger partial charge on any atom is -0.378 e. The summed E-state index contributed by atoms with van der Waals surface area (Å²) >= 11 is 3.51. The summed E-state index contributed by atoms with van der Waals surface area (Å²) in [5.74, 6) is 0. The maximum Gasteiger partial charge on any atom is 0.266 e. The Hall–Kier alpha value is -2.10. The standard InChI is InChI=1S/C17H16BrN3O2/c1-11-8-14(15(10-19)17(22)20-11)13-3-2-12(18)9-16(13)21-4-6-23-7-5-21/h2-3,8-9H,4-7H2,1H3,(H,20,22). The fourth-order valence-corrected chi connectivity index (χ4v) is 3.16. The van der Waals surface area contributed by atoms with Crippen LogP contribution in [-0.4, -0.2) is 31.3 Å². The Morgan fingerprint density at radius 3 is 2.70 bits per heavy atom. The van der Waals surface area contributed by atoms with Crippen LogP contribution in [0.2, 0.25) is 0 Å². The molecule has 0 amide bonds. The van der Waals surface area contributed by atoms with Crippen molar-refractivity contribution in [3.8, 4) is 17.2 Å². The van der Waals surface area contributed by atoms with Gasteiger partial charge in [-0.1, -0.05) is 22.0 Å². The molecule has 1 fully saturated rings. The Morgan fingerprint density at radius 2 is 2.00 bits per heavy atom. The van der Waals surface area contributed by atoms with Crippen molar-refractivity contribution in [3.05, 3.63) is 50.3 Å². The highest BCUT2D eigenvalue weighted by Crippen LogP contribution is 2.35. The Bertz CT molecular complexity index is 833. The SMILES string of the molecule is Cc1cc(-c2ccc(Br)cc2N2CCOCC2)c(C#N)c(=O)[nH]1. The van der Waals surface area contributed by atoms with Crippen molar-refractivity contribution in [1.82, 2.24) is 4.98 Å². The number of nitriles is 1. The minimum absolute atomic E-state index is 0.146. The van der Waals surface area contributed by atoms with E-state index in [1.54, 1.807) is 0 Å². The lowest BCUT2D eigenvalue weighted by Crippen LogP contribution is -2.36. The molecule has 23 heavy (non-hydrogen) atoms. The lowest BCUT2D eigenvalue weighted by molar-refractivity contribution is 0.123. The number of benzene rings is 1. The number of ether oxygens (including phenoxy) is 1. The zero-order valence-electron chi connectivity index (χ0n) is 12.7. The van der Waals surface area contributed by atoms with E-state index in [2.05, 4.69) is 25.8 Å². The van der Waals surface area contributed by atoms with E-state index in [0.717, 1.165) is 34.5 Å². The van der Waals surface area contributed by atoms with E-state index in [9.17, 15) is 10.1 Å². The summed E-state index contributed by atoms with van der Waals surface area (Å²) < 4.78 is 6.38. The maximum atomic E-state index is 12.1. The molecule has 0 radical (unpaired) electrons. The van der Waals surface area contributed by atoms with Crippen molar-refractivity contribution in [2.45, 2.75) is 6.92 Å². The number of H-pyrrole nitrogens is 1. The number of nitrogens with one attached hydrogen (secondary N) is 1. The fraction of sp³-hybridized carbons (Fsp3) is 0.294. The summed E-state index contributed by atoms with van der Waals surface area (Å²) in [6.45, 7) is 4.73. The van der Waals surface area contributed by atoms with Gasteiger partial charge in [-0.3, -0.25) is 4.79 Å². The smallest absolute Gasteiger partial charge is 0.266 e. The molecule has 1 aromatic carbocycles. The van der Waals surface area contributed by atoms with E-state index in [4.69, 9.17) is 4.74 Å². The van der Waals surface area contributed by atoms with Gasteiger partial charge in [-0.15, -0.1) is 0 Å². The average molecular weight is 374 g/mol. The molecule has 2 heterocycles. The molecule has 0 spiro atoms. The monoisotopic (exact) mass is 373 g/mol. The third kappa shape index (κ3) is 3.16. The fourth-order valence-electron chi connectivity index (χ4n) is 2.81. The quantitative estimate of drug-likeness (QED) is 0.878. The first-order chi connectivity index (χ1) is 11.1. The molecule has 1 saturated heterocycles. The normalized spacial score (nSPS) is 14.6. The molecule has 3 rings (SSSR count). The van der Waals surface area contributed by atoms with Crippen LogP contribution in [0.1, 0.15) is 11.3 Å². The summed E-state index contributed by atoms with van der Waals surface area (Å²) in [4.78, 5) is 17.0. The third-order valence-electron chi connectivity index (χ3n) is 3.88. The van der Waals surface area contributed by atoms with Crippen LogP contribution in [0.25, 0.3) is 11.1 Å². The first-order valence-corrected chi connectivity index (χ1v) is 8.16. The van der Waals surface area contributed by atoms with Gasteiger partial charge < -0.3 is 14.6 Å². The van der Waals surface area contributed by atoms with Gasteiger partial charge >= 0.3 is 0 Å². The van der Waals surface area contributed by atoms with Crippen molar-refractivity contribution in [1.29, 1.82) is 5.26 Å². The van der Waals surface area contributed by atoms with Crippen LogP contribution in [-0.2, 0) is 4.74 Å². The number of hydrogen-bond acceptors (Lipinski definition) is 4. The number of morpholine rings is 1. The van der Waals surface area contributed by atoms with Gasteiger partial charge in [0.05, 0.1) is 13.2 Å². The molecule has 118 valence electrons. The summed E-state index contributed by atoms with van der Waals surface area (Å²) in [7, 11) is 0. The molecule has 1 aliphatic rings. The number of aromatic amines is 1. The molecule has 0 bridgehead atoms. The van der Waals surface area contributed by atoms with Crippen LogP contribution in [0, 0.1) is 18.3 Å². The zero-order valence-corrected chi connectivity index (χ0v) is 14.3. The number of nitrogens with zero attached hydrogens (tertiary/aromatic N) is 2. The molecule has 1 aliphatic heterocycles. The molecule has 5 nitrogen and oxygen atoms in total. The highest BCUT2D eigenvalue weighted by Gasteiger charge is 2.19. The Balaban J connectivity index is 2.21. The molecule has 0 aliphatic carbocycles. The van der Waals surface area contributed by atoms with Crippen LogP contribution in [0.5, 0.6) is 0 Å². The third-order valence-corrected chi connectivity index (χ3v) is 4.37. The van der Waals surface area contributed by atoms with E-state index >= 15 is 0 Å². The molecule has 6 heteroatoms. The van der Waals surface area contributed by atoms with Crippen LogP contribution in [0.15, 0.2) is 33.5 Å². The number of rotatable bonds is 2. The van der Waals surface area contributed by atoms with E-state index in [-0.39, 0.29) is 11.1 Å². The first-order valence-electron chi connectivity index (χ1n) is 7.37.